The van der Waals surface area contributed by atoms with Crippen molar-refractivity contribution in [2.24, 2.45) is 0 Å². The van der Waals surface area contributed by atoms with E-state index in [0.717, 1.165) is 0 Å². The molecule has 0 spiro atoms. The normalized spacial score (nSPS) is 30.3. The van der Waals surface area contributed by atoms with Crippen LogP contribution in [0.15, 0.2) is 24.3 Å². The van der Waals surface area contributed by atoms with Crippen LogP contribution >= 0.6 is 0 Å². The fraction of sp³-hybridized carbons (Fsp3) is 0.448. The molecule has 13 nitrogen and oxygen atoms in total. The lowest BCUT2D eigenvalue weighted by molar-refractivity contribution is -0.271. The molecule has 0 aromatic heterocycles. The summed E-state index contributed by atoms with van der Waals surface area (Å²) in [6.07, 6.45) is -6.68. The third kappa shape index (κ3) is 4.40. The number of methoxy groups -OCH3 is 2. The minimum absolute atomic E-state index is 0.00567. The molecule has 42 heavy (non-hydrogen) atoms. The number of ether oxygens (including phenoxy) is 7. The quantitative estimate of drug-likeness (QED) is 0.394. The number of hydrogen-bond donors (Lipinski definition) is 4. The van der Waals surface area contributed by atoms with E-state index >= 15 is 0 Å². The average Bonchev–Trinajstić information content (AvgIpc) is 2.95. The van der Waals surface area contributed by atoms with Gasteiger partial charge in [0.2, 0.25) is 6.29 Å². The summed E-state index contributed by atoms with van der Waals surface area (Å²) in [6, 6.07) is 4.84. The first-order valence-electron chi connectivity index (χ1n) is 13.2. The Morgan fingerprint density at radius 3 is 2.38 bits per heavy atom. The molecule has 4 heterocycles. The van der Waals surface area contributed by atoms with Gasteiger partial charge in [0.25, 0.3) is 0 Å². The van der Waals surface area contributed by atoms with Gasteiger partial charge in [-0.3, -0.25) is 4.79 Å². The highest BCUT2D eigenvalue weighted by Gasteiger charge is 2.50. The Balaban J connectivity index is 1.48. The number of carboxylic acid groups (broad SMARTS) is 1. The number of rotatable bonds is 5. The topological polar surface area (TPSA) is 180 Å². The van der Waals surface area contributed by atoms with Crippen LogP contribution in [0.2, 0.25) is 0 Å². The zero-order valence-electron chi connectivity index (χ0n) is 23.1. The van der Waals surface area contributed by atoms with E-state index in [1.165, 1.54) is 14.2 Å². The lowest BCUT2D eigenvalue weighted by Gasteiger charge is -2.41. The summed E-state index contributed by atoms with van der Waals surface area (Å²) in [7, 11) is 2.95. The number of aliphatic hydroxyl groups is 3. The van der Waals surface area contributed by atoms with E-state index in [1.807, 2.05) is 13.8 Å². The highest BCUT2D eigenvalue weighted by molar-refractivity contribution is 6.08. The zero-order valence-corrected chi connectivity index (χ0v) is 23.1. The maximum absolute atomic E-state index is 14.4. The summed E-state index contributed by atoms with van der Waals surface area (Å²) in [5.41, 5.74) is 0.0763. The van der Waals surface area contributed by atoms with Crippen molar-refractivity contribution in [3.63, 3.8) is 0 Å². The van der Waals surface area contributed by atoms with Gasteiger partial charge in [0.15, 0.2) is 23.4 Å². The Morgan fingerprint density at radius 1 is 0.976 bits per heavy atom. The van der Waals surface area contributed by atoms with E-state index in [0.29, 0.717) is 34.1 Å². The molecule has 7 unspecified atom stereocenters. The Morgan fingerprint density at radius 2 is 1.69 bits per heavy atom. The maximum Gasteiger partial charge on any atom is 0.335 e. The van der Waals surface area contributed by atoms with E-state index in [4.69, 9.17) is 33.2 Å². The number of aliphatic carboxylic acids is 1. The lowest BCUT2D eigenvalue weighted by Crippen LogP contribution is -2.61. The molecule has 4 aliphatic rings. The van der Waals surface area contributed by atoms with Gasteiger partial charge in [-0.05, 0) is 32.1 Å². The fourth-order valence-electron chi connectivity index (χ4n) is 5.63. The number of carbonyl (C=O) groups excluding carboxylic acids is 1. The second-order valence-electron chi connectivity index (χ2n) is 10.9. The molecule has 0 radical (unpaired) electrons. The minimum atomic E-state index is -1.92. The Kier molecular flexibility index (Phi) is 6.72. The molecule has 13 heteroatoms. The smallest absolute Gasteiger partial charge is 0.335 e. The van der Waals surface area contributed by atoms with E-state index in [-0.39, 0.29) is 23.7 Å². The van der Waals surface area contributed by atoms with Crippen molar-refractivity contribution in [3.8, 4) is 34.5 Å². The van der Waals surface area contributed by atoms with E-state index in [9.17, 15) is 30.0 Å². The van der Waals surface area contributed by atoms with Gasteiger partial charge in [0, 0.05) is 17.7 Å². The van der Waals surface area contributed by atoms with Crippen LogP contribution in [0.4, 0.5) is 0 Å². The summed E-state index contributed by atoms with van der Waals surface area (Å²) in [5, 5.41) is 40.7. The first kappa shape index (κ1) is 28.1. The lowest BCUT2D eigenvalue weighted by atomic mass is 9.81. The van der Waals surface area contributed by atoms with Crippen molar-refractivity contribution >= 4 is 17.8 Å². The van der Waals surface area contributed by atoms with Crippen LogP contribution < -0.4 is 28.4 Å². The Bertz CT molecular complexity index is 1480. The molecule has 4 aliphatic heterocycles. The third-order valence-electron chi connectivity index (χ3n) is 7.75. The van der Waals surface area contributed by atoms with E-state index in [2.05, 4.69) is 0 Å². The molecule has 224 valence electrons. The van der Waals surface area contributed by atoms with Crippen LogP contribution in [0.5, 0.6) is 34.5 Å². The number of carbonyl (C=O) groups is 2. The second-order valence-corrected chi connectivity index (χ2v) is 10.9. The minimum Gasteiger partial charge on any atom is -0.493 e. The third-order valence-corrected chi connectivity index (χ3v) is 7.75. The zero-order chi connectivity index (χ0) is 30.1. The molecule has 6 rings (SSSR count). The van der Waals surface area contributed by atoms with Gasteiger partial charge in [0.1, 0.15) is 65.2 Å². The largest absolute Gasteiger partial charge is 0.493 e. The molecule has 1 fully saturated rings. The van der Waals surface area contributed by atoms with Crippen molar-refractivity contribution in [1.29, 1.82) is 0 Å². The van der Waals surface area contributed by atoms with Crippen molar-refractivity contribution in [2.75, 3.05) is 20.8 Å². The first-order valence-corrected chi connectivity index (χ1v) is 13.2. The summed E-state index contributed by atoms with van der Waals surface area (Å²) in [5.74, 6) is -1.33. The molecule has 2 aromatic rings. The van der Waals surface area contributed by atoms with Crippen molar-refractivity contribution in [3.05, 3.63) is 41.0 Å². The predicted molar refractivity (Wildman–Crippen MR) is 142 cm³/mol. The van der Waals surface area contributed by atoms with Crippen LogP contribution in [0.3, 0.4) is 0 Å². The first-order chi connectivity index (χ1) is 19.9. The fourth-order valence-corrected chi connectivity index (χ4v) is 5.63. The van der Waals surface area contributed by atoms with Gasteiger partial charge in [-0.1, -0.05) is 0 Å². The SMILES string of the molecule is COc1cc2c(cc1OC)C1C(=O)c3c(cc4c(c3OC3OC(C(=O)O)C(O)C(O)C3O)C=CC(C)(C)O4)OC1CO2. The number of hydrogen-bond acceptors (Lipinski definition) is 12. The van der Waals surface area contributed by atoms with Gasteiger partial charge in [-0.15, -0.1) is 0 Å². The monoisotopic (exact) mass is 586 g/mol. The summed E-state index contributed by atoms with van der Waals surface area (Å²) >= 11 is 0. The number of ketones is 1. The van der Waals surface area contributed by atoms with Crippen molar-refractivity contribution in [2.45, 2.75) is 62.2 Å². The highest BCUT2D eigenvalue weighted by atomic mass is 16.7. The number of fused-ring (bicyclic) bond motifs is 5. The maximum atomic E-state index is 14.4. The second kappa shape index (κ2) is 10.1. The van der Waals surface area contributed by atoms with Crippen LogP contribution in [0.25, 0.3) is 6.08 Å². The van der Waals surface area contributed by atoms with Gasteiger partial charge in [-0.2, -0.15) is 0 Å². The van der Waals surface area contributed by atoms with Crippen LogP contribution in [0, 0.1) is 0 Å². The number of aliphatic hydroxyl groups excluding tert-OH is 3. The van der Waals surface area contributed by atoms with E-state index in [1.54, 1.807) is 30.4 Å². The standard InChI is InChI=1S/C29H30O13/c1-29(2)6-5-11-14(42-29)9-17-20(25(11)40-28-24(33)22(31)23(32)26(41-28)27(34)35)21(30)19-12-7-15(36-3)16(37-4)8-13(12)38-10-18(19)39-17/h5-9,18-19,22-24,26,28,31-33H,10H2,1-4H3,(H,34,35). The highest BCUT2D eigenvalue weighted by Crippen LogP contribution is 2.52. The number of benzene rings is 2. The Labute approximate surface area is 239 Å². The van der Waals surface area contributed by atoms with Crippen molar-refractivity contribution in [1.82, 2.24) is 0 Å². The molecular formula is C29H30O13. The van der Waals surface area contributed by atoms with E-state index < -0.39 is 60.1 Å². The van der Waals surface area contributed by atoms with Crippen molar-refractivity contribution < 1.29 is 63.2 Å². The van der Waals surface area contributed by atoms with Gasteiger partial charge < -0.3 is 53.6 Å². The van der Waals surface area contributed by atoms with Crippen LogP contribution in [-0.2, 0) is 9.53 Å². The van der Waals surface area contributed by atoms with Gasteiger partial charge >= 0.3 is 5.97 Å². The summed E-state index contributed by atoms with van der Waals surface area (Å²) in [4.78, 5) is 26.1. The molecule has 0 amide bonds. The summed E-state index contributed by atoms with van der Waals surface area (Å²) < 4.78 is 40.6. The molecule has 4 N–H and O–H groups in total. The molecule has 1 saturated heterocycles. The predicted octanol–water partition coefficient (Wildman–Crippen LogP) is 1.28. The van der Waals surface area contributed by atoms with Crippen LogP contribution in [-0.4, -0.2) is 95.4 Å². The summed E-state index contributed by atoms with van der Waals surface area (Å²) in [6.45, 7) is 3.70. The van der Waals surface area contributed by atoms with Gasteiger partial charge in [0.05, 0.1) is 25.7 Å². The molecule has 0 bridgehead atoms. The average molecular weight is 587 g/mol. The molecular weight excluding hydrogens is 556 g/mol. The number of carboxylic acids is 1. The van der Waals surface area contributed by atoms with Gasteiger partial charge in [-0.25, -0.2) is 4.79 Å². The van der Waals surface area contributed by atoms with Crippen LogP contribution in [0.1, 0.15) is 41.3 Å². The molecule has 7 atom stereocenters. The molecule has 0 saturated carbocycles. The number of Topliss-reactive ketones (excluding diaryl/α,β-unsaturated/α-hetero) is 1. The Hall–Kier alpha value is -4.04. The molecule has 0 aliphatic carbocycles. The molecule has 2 aromatic carbocycles.